The number of carbonyl (C=O) groups is 2. The van der Waals surface area contributed by atoms with E-state index in [9.17, 15) is 30.0 Å². The van der Waals surface area contributed by atoms with Gasteiger partial charge in [0.15, 0.2) is 5.78 Å². The molecule has 0 aliphatic heterocycles. The normalized spacial score (nSPS) is 18.9. The molecule has 44 heavy (non-hydrogen) atoms. The molecule has 0 heterocycles. The Labute approximate surface area is 262 Å². The summed E-state index contributed by atoms with van der Waals surface area (Å²) >= 11 is 0. The molecule has 0 aromatic rings. The lowest BCUT2D eigenvalue weighted by atomic mass is 9.88. The third kappa shape index (κ3) is 17.8. The fourth-order valence-corrected chi connectivity index (χ4v) is 3.91. The zero-order valence-electron chi connectivity index (χ0n) is 26.1. The van der Waals surface area contributed by atoms with Crippen molar-refractivity contribution in [3.8, 4) is 0 Å². The Bertz CT molecular complexity index is 1210. The molecule has 0 aromatic carbocycles. The Morgan fingerprint density at radius 2 is 1.27 bits per heavy atom. The number of aliphatic hydroxyl groups is 4. The molecule has 7 heteroatoms. The summed E-state index contributed by atoms with van der Waals surface area (Å²) in [6.45, 7) is 5.52. The highest BCUT2D eigenvalue weighted by Crippen LogP contribution is 2.19. The fraction of sp³-hybridized carbons (Fsp3) is 0.351. The van der Waals surface area contributed by atoms with Crippen LogP contribution in [0.3, 0.4) is 0 Å². The Morgan fingerprint density at radius 3 is 1.86 bits per heavy atom. The van der Waals surface area contributed by atoms with Gasteiger partial charge in [-0.2, -0.15) is 0 Å². The molecule has 5 atom stereocenters. The molecule has 5 N–H and O–H groups in total. The Morgan fingerprint density at radius 1 is 0.727 bits per heavy atom. The van der Waals surface area contributed by atoms with E-state index in [0.29, 0.717) is 6.42 Å². The van der Waals surface area contributed by atoms with Gasteiger partial charge in [0.1, 0.15) is 11.5 Å². The minimum Gasteiger partial charge on any atom is -0.510 e. The second-order valence-electron chi connectivity index (χ2n) is 10.5. The number of nitrogens with one attached hydrogen (secondary N) is 1. The van der Waals surface area contributed by atoms with Gasteiger partial charge in [0.25, 0.3) is 0 Å². The van der Waals surface area contributed by atoms with Crippen molar-refractivity contribution in [3.05, 3.63) is 133 Å². The molecule has 0 bridgehead atoms. The van der Waals surface area contributed by atoms with Crippen LogP contribution in [0.2, 0.25) is 0 Å². The standard InChI is InChI=1S/C37H49NO6/c1-29(37(44)31(3)32(40)25-21-17-13-9-6-8-12-16-20-24-30(2)39)23-19-15-11-7-4-5-10-14-18-22-26-35(43)38-36-33(41)27-28-34(36)42/h4-10,12-14,16-23,25-26,29-32,37,39-41,44H,11,15,24,27-28H2,1-3H3,(H,38,43)/b7-4+,9-6+,10-5+,12-8+,17-13+,18-14+,20-16+,23-19+,25-21+,26-22+. The third-order valence-electron chi connectivity index (χ3n) is 6.60. The van der Waals surface area contributed by atoms with E-state index in [1.165, 1.54) is 6.08 Å². The van der Waals surface area contributed by atoms with Crippen molar-refractivity contribution >= 4 is 11.7 Å². The summed E-state index contributed by atoms with van der Waals surface area (Å²) in [4.78, 5) is 23.4. The maximum absolute atomic E-state index is 11.8. The van der Waals surface area contributed by atoms with Crippen LogP contribution in [-0.4, -0.2) is 50.4 Å². The first-order valence-electron chi connectivity index (χ1n) is 15.1. The van der Waals surface area contributed by atoms with Crippen LogP contribution in [0, 0.1) is 11.8 Å². The first-order chi connectivity index (χ1) is 21.1. The number of aliphatic hydroxyl groups excluding tert-OH is 4. The van der Waals surface area contributed by atoms with Gasteiger partial charge in [-0.15, -0.1) is 0 Å². The molecule has 0 saturated heterocycles. The summed E-state index contributed by atoms with van der Waals surface area (Å²) in [6, 6.07) is 0. The van der Waals surface area contributed by atoms with Gasteiger partial charge in [-0.25, -0.2) is 0 Å². The highest BCUT2D eigenvalue weighted by molar-refractivity contribution is 6.03. The third-order valence-corrected chi connectivity index (χ3v) is 6.60. The minimum absolute atomic E-state index is 0.0104. The van der Waals surface area contributed by atoms with Crippen molar-refractivity contribution in [1.29, 1.82) is 0 Å². The zero-order chi connectivity index (χ0) is 32.6. The van der Waals surface area contributed by atoms with Crippen molar-refractivity contribution in [2.24, 2.45) is 11.8 Å². The summed E-state index contributed by atoms with van der Waals surface area (Å²) in [5.74, 6) is -1.22. The minimum atomic E-state index is -0.764. The van der Waals surface area contributed by atoms with E-state index in [1.807, 2.05) is 98.9 Å². The molecule has 0 fully saturated rings. The van der Waals surface area contributed by atoms with Gasteiger partial charge in [0.05, 0.1) is 18.3 Å². The van der Waals surface area contributed by atoms with Crippen LogP contribution in [0.25, 0.3) is 0 Å². The van der Waals surface area contributed by atoms with E-state index >= 15 is 0 Å². The molecule has 1 rings (SSSR count). The lowest BCUT2D eigenvalue weighted by Gasteiger charge is -2.25. The Kier molecular flexibility index (Phi) is 20.2. The first-order valence-corrected chi connectivity index (χ1v) is 15.1. The maximum atomic E-state index is 11.8. The largest absolute Gasteiger partial charge is 0.510 e. The van der Waals surface area contributed by atoms with Crippen LogP contribution in [0.15, 0.2) is 133 Å². The molecule has 7 nitrogen and oxygen atoms in total. The van der Waals surface area contributed by atoms with E-state index in [-0.39, 0.29) is 48.0 Å². The number of hydrogen-bond acceptors (Lipinski definition) is 6. The molecule has 0 aromatic heterocycles. The average molecular weight is 604 g/mol. The van der Waals surface area contributed by atoms with Crippen LogP contribution in [0.1, 0.15) is 52.9 Å². The van der Waals surface area contributed by atoms with Crippen LogP contribution in [-0.2, 0) is 9.59 Å². The zero-order valence-corrected chi connectivity index (χ0v) is 26.1. The quantitative estimate of drug-likeness (QED) is 0.0507. The highest BCUT2D eigenvalue weighted by Gasteiger charge is 2.24. The van der Waals surface area contributed by atoms with Gasteiger partial charge in [0, 0.05) is 30.8 Å². The van der Waals surface area contributed by atoms with Crippen LogP contribution < -0.4 is 5.32 Å². The number of unbranched alkanes of at least 4 members (excludes halogenated alkanes) is 1. The predicted octanol–water partition coefficient (Wildman–Crippen LogP) is 6.34. The molecule has 1 aliphatic carbocycles. The van der Waals surface area contributed by atoms with Crippen molar-refractivity contribution in [3.63, 3.8) is 0 Å². The number of hydrogen-bond donors (Lipinski definition) is 5. The fourth-order valence-electron chi connectivity index (χ4n) is 3.91. The second kappa shape index (κ2) is 23.4. The van der Waals surface area contributed by atoms with Crippen LogP contribution >= 0.6 is 0 Å². The number of carbonyl (C=O) groups excluding carboxylic acids is 2. The van der Waals surface area contributed by atoms with Gasteiger partial charge in [0.2, 0.25) is 5.91 Å². The average Bonchev–Trinajstić information content (AvgIpc) is 3.31. The summed E-state index contributed by atoms with van der Waals surface area (Å²) in [5.41, 5.74) is -0.0104. The molecular weight excluding hydrogens is 554 g/mol. The monoisotopic (exact) mass is 603 g/mol. The smallest absolute Gasteiger partial charge is 0.248 e. The van der Waals surface area contributed by atoms with Crippen molar-refractivity contribution in [2.45, 2.75) is 71.2 Å². The number of rotatable bonds is 19. The lowest BCUT2D eigenvalue weighted by molar-refractivity contribution is -0.119. The Balaban J connectivity index is 2.28. The van der Waals surface area contributed by atoms with Gasteiger partial charge in [-0.3, -0.25) is 9.59 Å². The molecular formula is C37H49NO6. The molecule has 1 aliphatic rings. The maximum Gasteiger partial charge on any atom is 0.248 e. The summed E-state index contributed by atoms with van der Waals surface area (Å²) in [5, 5.41) is 42.2. The van der Waals surface area contributed by atoms with E-state index in [4.69, 9.17) is 0 Å². The highest BCUT2D eigenvalue weighted by atomic mass is 16.3. The number of amides is 1. The van der Waals surface area contributed by atoms with Gasteiger partial charge < -0.3 is 25.7 Å². The van der Waals surface area contributed by atoms with Crippen molar-refractivity contribution in [2.75, 3.05) is 0 Å². The van der Waals surface area contributed by atoms with Gasteiger partial charge >= 0.3 is 0 Å². The topological polar surface area (TPSA) is 127 Å². The van der Waals surface area contributed by atoms with E-state index in [0.717, 1.165) is 12.8 Å². The molecule has 5 unspecified atom stereocenters. The number of Topliss-reactive ketones (excluding diaryl/α,β-unsaturated/α-hetero) is 1. The summed E-state index contributed by atoms with van der Waals surface area (Å²) in [7, 11) is 0. The van der Waals surface area contributed by atoms with E-state index in [2.05, 4.69) is 5.32 Å². The van der Waals surface area contributed by atoms with Gasteiger partial charge in [-0.05, 0) is 26.2 Å². The molecule has 0 saturated carbocycles. The first kappa shape index (κ1) is 38.0. The molecule has 1 amide bonds. The van der Waals surface area contributed by atoms with E-state index in [1.54, 1.807) is 37.3 Å². The van der Waals surface area contributed by atoms with Crippen molar-refractivity contribution in [1.82, 2.24) is 5.32 Å². The second-order valence-corrected chi connectivity index (χ2v) is 10.5. The number of allylic oxidation sites excluding steroid dienone is 18. The number of ketones is 1. The molecule has 238 valence electrons. The van der Waals surface area contributed by atoms with E-state index < -0.39 is 18.1 Å². The summed E-state index contributed by atoms with van der Waals surface area (Å²) < 4.78 is 0. The summed E-state index contributed by atoms with van der Waals surface area (Å²) in [6.07, 6.45) is 37.5. The molecule has 0 radical (unpaired) electrons. The van der Waals surface area contributed by atoms with Crippen LogP contribution in [0.5, 0.6) is 0 Å². The van der Waals surface area contributed by atoms with Crippen LogP contribution in [0.4, 0.5) is 0 Å². The molecule has 0 spiro atoms. The van der Waals surface area contributed by atoms with Crippen molar-refractivity contribution < 1.29 is 30.0 Å². The SMILES string of the molecule is CC(O)C/C=C/C=C/C=C/C=C/C=C/C(O)C(C)C(O)C(C)/C=C/CC/C=C/C=C/C=C/C=C/C(=O)NC1=C(O)CCC1=O. The Hall–Kier alpha value is -4.04. The van der Waals surface area contributed by atoms with Gasteiger partial charge in [-0.1, -0.05) is 129 Å². The predicted molar refractivity (Wildman–Crippen MR) is 179 cm³/mol. The lowest BCUT2D eigenvalue weighted by Crippen LogP contribution is -2.32.